The molecule has 172 valence electrons. The van der Waals surface area contributed by atoms with E-state index < -0.39 is 15.8 Å². The number of allylic oxidation sites excluding steroid dienone is 1. The number of pyridine rings is 1. The van der Waals surface area contributed by atoms with E-state index in [-0.39, 0.29) is 16.7 Å². The van der Waals surface area contributed by atoms with Gasteiger partial charge in [0.25, 0.3) is 0 Å². The highest BCUT2D eigenvalue weighted by atomic mass is 35.5. The van der Waals surface area contributed by atoms with E-state index in [0.29, 0.717) is 42.0 Å². The van der Waals surface area contributed by atoms with Crippen LogP contribution in [-0.2, 0) is 10.0 Å². The number of nitrogens with zero attached hydrogens (tertiary/aromatic N) is 4. The molecule has 2 aromatic rings. The van der Waals surface area contributed by atoms with Crippen molar-refractivity contribution in [1.29, 1.82) is 0 Å². The fourth-order valence-electron chi connectivity index (χ4n) is 3.63. The zero-order chi connectivity index (χ0) is 23.5. The minimum absolute atomic E-state index is 0.0144. The lowest BCUT2D eigenvalue weighted by Crippen LogP contribution is -2.42. The van der Waals surface area contributed by atoms with E-state index in [9.17, 15) is 12.8 Å². The Morgan fingerprint density at radius 3 is 2.81 bits per heavy atom. The summed E-state index contributed by atoms with van der Waals surface area (Å²) in [7, 11) is -2.10. The summed E-state index contributed by atoms with van der Waals surface area (Å²) in [5.41, 5.74) is 1.21. The van der Waals surface area contributed by atoms with Crippen LogP contribution in [0.25, 0.3) is 11.5 Å². The van der Waals surface area contributed by atoms with Gasteiger partial charge in [-0.1, -0.05) is 25.1 Å². The van der Waals surface area contributed by atoms with Crippen LogP contribution >= 0.6 is 11.6 Å². The summed E-state index contributed by atoms with van der Waals surface area (Å²) in [6.45, 7) is 7.99. The van der Waals surface area contributed by atoms with Crippen LogP contribution in [0.1, 0.15) is 31.9 Å². The number of sulfonamides is 1. The van der Waals surface area contributed by atoms with Gasteiger partial charge < -0.3 is 10.3 Å². The van der Waals surface area contributed by atoms with Crippen molar-refractivity contribution in [3.05, 3.63) is 58.8 Å². The maximum absolute atomic E-state index is 13.2. The molecular weight excluding hydrogens is 455 g/mol. The number of hydrogen-bond donors (Lipinski definition) is 2. The van der Waals surface area contributed by atoms with Crippen LogP contribution in [0.2, 0.25) is 5.15 Å². The number of aliphatic imine (C=N–C) groups is 1. The first-order valence-electron chi connectivity index (χ1n) is 10.1. The van der Waals surface area contributed by atoms with Gasteiger partial charge in [-0.2, -0.15) is 4.31 Å². The summed E-state index contributed by atoms with van der Waals surface area (Å²) in [6, 6.07) is 2.83. The highest BCUT2D eigenvalue weighted by Crippen LogP contribution is 2.37. The van der Waals surface area contributed by atoms with Gasteiger partial charge in [0.2, 0.25) is 10.0 Å². The quantitative estimate of drug-likeness (QED) is 0.373. The molecule has 0 amide bonds. The molecule has 0 spiro atoms. The van der Waals surface area contributed by atoms with Crippen LogP contribution in [0, 0.1) is 11.7 Å². The number of rotatable bonds is 6. The molecule has 0 aliphatic carbocycles. The van der Waals surface area contributed by atoms with Gasteiger partial charge in [0, 0.05) is 32.3 Å². The topological polar surface area (TPSA) is 103 Å². The molecule has 2 N–H and O–H groups in total. The first kappa shape index (κ1) is 24.1. The van der Waals surface area contributed by atoms with Gasteiger partial charge in [0.15, 0.2) is 11.0 Å². The Hall–Kier alpha value is -2.56. The molecule has 8 nitrogen and oxygen atoms in total. The SMILES string of the molecule is C=C/C(=C\NC(C)=NC)S(=O)(=O)N1CC[C@@H](c2[nH]c(-c3ccc(F)cn3)nc2Cl)[C@@H](C)C1. The fraction of sp³-hybridized carbons (Fsp3) is 0.381. The number of hydrogen-bond acceptors (Lipinski definition) is 5. The Balaban J connectivity index is 1.78. The number of amidine groups is 1. The van der Waals surface area contributed by atoms with Gasteiger partial charge in [-0.3, -0.25) is 4.99 Å². The summed E-state index contributed by atoms with van der Waals surface area (Å²) in [5.74, 6) is 0.562. The summed E-state index contributed by atoms with van der Waals surface area (Å²) in [4.78, 5) is 15.6. The number of piperidine rings is 1. The number of imidazole rings is 1. The number of halogens is 2. The van der Waals surface area contributed by atoms with Gasteiger partial charge in [0.1, 0.15) is 11.5 Å². The average Bonchev–Trinajstić information content (AvgIpc) is 3.15. The molecule has 2 aromatic heterocycles. The molecule has 1 saturated heterocycles. The van der Waals surface area contributed by atoms with E-state index in [1.165, 1.54) is 28.7 Å². The zero-order valence-electron chi connectivity index (χ0n) is 18.1. The third-order valence-electron chi connectivity index (χ3n) is 5.49. The van der Waals surface area contributed by atoms with Crippen LogP contribution in [0.3, 0.4) is 0 Å². The van der Waals surface area contributed by atoms with E-state index >= 15 is 0 Å². The van der Waals surface area contributed by atoms with Crippen molar-refractivity contribution < 1.29 is 12.8 Å². The molecule has 1 fully saturated rings. The fourth-order valence-corrected chi connectivity index (χ4v) is 5.40. The van der Waals surface area contributed by atoms with E-state index in [1.807, 2.05) is 6.92 Å². The molecule has 3 rings (SSSR count). The smallest absolute Gasteiger partial charge is 0.244 e. The minimum atomic E-state index is -3.71. The third kappa shape index (κ3) is 5.08. The number of aromatic amines is 1. The molecule has 2 atom stereocenters. The second-order valence-electron chi connectivity index (χ2n) is 7.59. The second-order valence-corrected chi connectivity index (χ2v) is 9.89. The molecule has 0 aromatic carbocycles. The van der Waals surface area contributed by atoms with Gasteiger partial charge in [0.05, 0.1) is 22.6 Å². The van der Waals surface area contributed by atoms with Crippen LogP contribution in [0.15, 0.2) is 47.1 Å². The summed E-state index contributed by atoms with van der Waals surface area (Å²) in [5, 5.41) is 3.16. The first-order valence-corrected chi connectivity index (χ1v) is 11.9. The van der Waals surface area contributed by atoms with E-state index in [4.69, 9.17) is 11.6 Å². The van der Waals surface area contributed by atoms with Crippen molar-refractivity contribution >= 4 is 27.5 Å². The largest absolute Gasteiger partial charge is 0.349 e. The van der Waals surface area contributed by atoms with Gasteiger partial charge >= 0.3 is 0 Å². The lowest BCUT2D eigenvalue weighted by molar-refractivity contribution is 0.247. The molecule has 11 heteroatoms. The minimum Gasteiger partial charge on any atom is -0.349 e. The van der Waals surface area contributed by atoms with Crippen molar-refractivity contribution in [2.75, 3.05) is 20.1 Å². The lowest BCUT2D eigenvalue weighted by atomic mass is 9.86. The lowest BCUT2D eigenvalue weighted by Gasteiger charge is -2.36. The summed E-state index contributed by atoms with van der Waals surface area (Å²) < 4.78 is 40.8. The van der Waals surface area contributed by atoms with Crippen molar-refractivity contribution in [2.24, 2.45) is 10.9 Å². The maximum atomic E-state index is 13.2. The molecule has 3 heterocycles. The number of H-pyrrole nitrogens is 1. The molecule has 0 radical (unpaired) electrons. The predicted molar refractivity (Wildman–Crippen MR) is 124 cm³/mol. The summed E-state index contributed by atoms with van der Waals surface area (Å²) in [6.07, 6.45) is 4.39. The van der Waals surface area contributed by atoms with Crippen molar-refractivity contribution in [3.63, 3.8) is 0 Å². The molecule has 0 bridgehead atoms. The van der Waals surface area contributed by atoms with Gasteiger partial charge in [-0.25, -0.2) is 22.8 Å². The monoisotopic (exact) mass is 480 g/mol. The van der Waals surface area contributed by atoms with Crippen molar-refractivity contribution in [3.8, 4) is 11.5 Å². The van der Waals surface area contributed by atoms with Crippen LogP contribution in [-0.4, -0.2) is 53.6 Å². The van der Waals surface area contributed by atoms with Gasteiger partial charge in [-0.15, -0.1) is 0 Å². The average molecular weight is 481 g/mol. The van der Waals surface area contributed by atoms with Crippen molar-refractivity contribution in [1.82, 2.24) is 24.6 Å². The van der Waals surface area contributed by atoms with Crippen LogP contribution < -0.4 is 5.32 Å². The normalized spacial score (nSPS) is 20.9. The second kappa shape index (κ2) is 9.93. The molecule has 32 heavy (non-hydrogen) atoms. The predicted octanol–water partition coefficient (Wildman–Crippen LogP) is 3.68. The van der Waals surface area contributed by atoms with Crippen LogP contribution in [0.5, 0.6) is 0 Å². The Morgan fingerprint density at radius 1 is 1.47 bits per heavy atom. The zero-order valence-corrected chi connectivity index (χ0v) is 19.7. The standard InChI is InChI=1S/C21H26ClFN6O2S/c1-5-16(11-25-14(3)24-4)32(30,31)29-9-8-17(13(2)12-29)19-20(22)28-21(27-19)18-7-6-15(23)10-26-18/h5-7,10-11,13,17H,1,8-9,12H2,2-4H3,(H,24,25)(H,27,28)/b16-11+/t13-,17+/m0/s1. The van der Waals surface area contributed by atoms with E-state index in [2.05, 4.69) is 31.8 Å². The molecule has 1 aliphatic heterocycles. The first-order chi connectivity index (χ1) is 15.2. The van der Waals surface area contributed by atoms with E-state index in [1.54, 1.807) is 14.0 Å². The Bertz CT molecular complexity index is 1140. The molecule has 0 unspecified atom stereocenters. The maximum Gasteiger partial charge on any atom is 0.244 e. The number of nitrogens with one attached hydrogen (secondary N) is 2. The van der Waals surface area contributed by atoms with Crippen molar-refractivity contribution in [2.45, 2.75) is 26.2 Å². The molecular formula is C21H26ClFN6O2S. The van der Waals surface area contributed by atoms with E-state index in [0.717, 1.165) is 11.9 Å². The molecule has 0 saturated carbocycles. The number of aromatic nitrogens is 3. The highest BCUT2D eigenvalue weighted by Gasteiger charge is 2.36. The Labute approximate surface area is 192 Å². The van der Waals surface area contributed by atoms with Crippen LogP contribution in [0.4, 0.5) is 4.39 Å². The Kier molecular flexibility index (Phi) is 7.47. The summed E-state index contributed by atoms with van der Waals surface area (Å²) >= 11 is 6.39. The Morgan fingerprint density at radius 2 is 2.22 bits per heavy atom. The van der Waals surface area contributed by atoms with Gasteiger partial charge in [-0.05, 0) is 37.5 Å². The highest BCUT2D eigenvalue weighted by molar-refractivity contribution is 7.93. The third-order valence-corrected chi connectivity index (χ3v) is 7.67. The molecule has 1 aliphatic rings.